The highest BCUT2D eigenvalue weighted by molar-refractivity contribution is 6.54. The molecule has 1 aliphatic heterocycles. The molecule has 1 aliphatic rings. The van der Waals surface area contributed by atoms with Crippen LogP contribution in [0.5, 0.6) is 0 Å². The topological polar surface area (TPSA) is 67.6 Å². The minimum Gasteiger partial charge on any atom is -0.378 e. The van der Waals surface area contributed by atoms with Crippen LogP contribution in [0, 0.1) is 0 Å². The first-order valence-electron chi connectivity index (χ1n) is 9.41. The molecule has 3 aromatic rings. The molecular formula is C21H17Cl4N3O3. The molecule has 0 bridgehead atoms. The van der Waals surface area contributed by atoms with Crippen molar-refractivity contribution < 1.29 is 14.1 Å². The number of carbonyl (C=O) groups is 1. The fraction of sp³-hybridized carbons (Fsp3) is 0.238. The zero-order valence-electron chi connectivity index (χ0n) is 16.1. The van der Waals surface area contributed by atoms with Crippen LogP contribution < -0.4 is 10.2 Å². The molecule has 6 nitrogen and oxygen atoms in total. The highest BCUT2D eigenvalue weighted by atomic mass is 35.5. The van der Waals surface area contributed by atoms with Crippen LogP contribution >= 0.6 is 46.4 Å². The zero-order valence-corrected chi connectivity index (χ0v) is 19.1. The molecular weight excluding hydrogens is 484 g/mol. The van der Waals surface area contributed by atoms with Crippen LogP contribution in [0.3, 0.4) is 0 Å². The summed E-state index contributed by atoms with van der Waals surface area (Å²) in [6.45, 7) is 2.61. The molecule has 0 aliphatic carbocycles. The number of aromatic nitrogens is 1. The van der Waals surface area contributed by atoms with E-state index in [9.17, 15) is 4.79 Å². The molecule has 0 saturated carbocycles. The Morgan fingerprint density at radius 2 is 1.77 bits per heavy atom. The van der Waals surface area contributed by atoms with E-state index < -0.39 is 10.7 Å². The van der Waals surface area contributed by atoms with Gasteiger partial charge in [-0.15, -0.1) is 0 Å². The number of alkyl halides is 2. The second kappa shape index (κ2) is 9.67. The van der Waals surface area contributed by atoms with E-state index in [1.54, 1.807) is 30.3 Å². The van der Waals surface area contributed by atoms with Crippen molar-refractivity contribution in [1.82, 2.24) is 5.16 Å². The number of halogens is 4. The van der Waals surface area contributed by atoms with Gasteiger partial charge in [0.05, 0.1) is 34.6 Å². The van der Waals surface area contributed by atoms with Crippen molar-refractivity contribution in [2.24, 2.45) is 0 Å². The van der Waals surface area contributed by atoms with E-state index in [1.165, 1.54) is 0 Å². The van der Waals surface area contributed by atoms with Crippen LogP contribution in [0.1, 0.15) is 0 Å². The summed E-state index contributed by atoms with van der Waals surface area (Å²) in [5, 5.41) is 7.84. The highest BCUT2D eigenvalue weighted by Gasteiger charge is 2.21. The third kappa shape index (κ3) is 4.94. The Kier molecular flexibility index (Phi) is 6.94. The van der Waals surface area contributed by atoms with E-state index in [0.29, 0.717) is 64.6 Å². The third-order valence-corrected chi connectivity index (χ3v) is 5.84. The van der Waals surface area contributed by atoms with E-state index in [4.69, 9.17) is 55.7 Å². The molecule has 1 saturated heterocycles. The number of amides is 1. The summed E-state index contributed by atoms with van der Waals surface area (Å²) in [6, 6.07) is 12.5. The molecule has 0 unspecified atom stereocenters. The number of nitrogens with one attached hydrogen (secondary N) is 1. The summed E-state index contributed by atoms with van der Waals surface area (Å²) in [6.07, 6.45) is 0. The Labute approximate surface area is 198 Å². The largest absolute Gasteiger partial charge is 0.378 e. The Morgan fingerprint density at radius 1 is 1.06 bits per heavy atom. The molecule has 162 valence electrons. The summed E-state index contributed by atoms with van der Waals surface area (Å²) >= 11 is 24.0. The number of morpholine rings is 1. The number of hydrogen-bond donors (Lipinski definition) is 1. The van der Waals surface area contributed by atoms with Crippen LogP contribution in [0.2, 0.25) is 10.0 Å². The summed E-state index contributed by atoms with van der Waals surface area (Å²) in [4.78, 5) is 13.1. The Hall–Kier alpha value is -1.96. The summed E-state index contributed by atoms with van der Waals surface area (Å²) in [5.74, 6) is -0.0283. The Morgan fingerprint density at radius 3 is 2.45 bits per heavy atom. The second-order valence-electron chi connectivity index (χ2n) is 6.79. The summed E-state index contributed by atoms with van der Waals surface area (Å²) in [7, 11) is 0. The van der Waals surface area contributed by atoms with E-state index in [1.807, 2.05) is 12.1 Å². The van der Waals surface area contributed by atoms with Gasteiger partial charge in [0.15, 0.2) is 10.6 Å². The molecule has 0 spiro atoms. The van der Waals surface area contributed by atoms with Crippen molar-refractivity contribution in [3.8, 4) is 22.6 Å². The van der Waals surface area contributed by atoms with Crippen LogP contribution in [0.25, 0.3) is 22.6 Å². The fourth-order valence-corrected chi connectivity index (χ4v) is 4.03. The molecule has 2 heterocycles. The number of carbonyl (C=O) groups excluding carboxylic acids is 1. The Balaban J connectivity index is 1.70. The molecule has 1 amide bonds. The van der Waals surface area contributed by atoms with Gasteiger partial charge in [-0.3, -0.25) is 4.79 Å². The third-order valence-electron chi connectivity index (χ3n) is 4.82. The van der Waals surface area contributed by atoms with Crippen LogP contribution in [0.4, 0.5) is 11.4 Å². The second-order valence-corrected chi connectivity index (χ2v) is 8.71. The first-order chi connectivity index (χ1) is 14.9. The van der Waals surface area contributed by atoms with E-state index in [2.05, 4.69) is 15.4 Å². The molecule has 1 fully saturated rings. The van der Waals surface area contributed by atoms with Crippen LogP contribution in [-0.2, 0) is 9.53 Å². The lowest BCUT2D eigenvalue weighted by atomic mass is 10.1. The molecule has 2 aromatic carbocycles. The van der Waals surface area contributed by atoms with Crippen molar-refractivity contribution in [1.29, 1.82) is 0 Å². The van der Waals surface area contributed by atoms with Gasteiger partial charge >= 0.3 is 0 Å². The van der Waals surface area contributed by atoms with Gasteiger partial charge in [-0.1, -0.05) is 57.6 Å². The van der Waals surface area contributed by atoms with Gasteiger partial charge in [0.1, 0.15) is 5.69 Å². The van der Waals surface area contributed by atoms with Gasteiger partial charge in [-0.05, 0) is 30.3 Å². The molecule has 31 heavy (non-hydrogen) atoms. The van der Waals surface area contributed by atoms with E-state index >= 15 is 0 Å². The highest BCUT2D eigenvalue weighted by Crippen LogP contribution is 2.37. The summed E-state index contributed by atoms with van der Waals surface area (Å²) < 4.78 is 11.0. The van der Waals surface area contributed by atoms with Crippen molar-refractivity contribution in [2.75, 3.05) is 36.5 Å². The maximum Gasteiger partial charge on any atom is 0.257 e. The van der Waals surface area contributed by atoms with E-state index in [-0.39, 0.29) is 0 Å². The lowest BCUT2D eigenvalue weighted by molar-refractivity contribution is -0.114. The maximum absolute atomic E-state index is 12.2. The average Bonchev–Trinajstić information content (AvgIpc) is 3.24. The van der Waals surface area contributed by atoms with Crippen molar-refractivity contribution in [2.45, 2.75) is 4.84 Å². The number of anilines is 2. The number of ether oxygens (including phenoxy) is 1. The van der Waals surface area contributed by atoms with Crippen LogP contribution in [-0.4, -0.2) is 42.2 Å². The molecule has 10 heteroatoms. The quantitative estimate of drug-likeness (QED) is 0.442. The van der Waals surface area contributed by atoms with Crippen LogP contribution in [0.15, 0.2) is 47.0 Å². The SMILES string of the molecule is O=C(Nc1cc(-c2cc(-c3c(Cl)cccc3Cl)no2)ccc1N1CCOCC1)C(Cl)Cl. The van der Waals surface area contributed by atoms with Crippen molar-refractivity contribution in [3.63, 3.8) is 0 Å². The minimum absolute atomic E-state index is 0.471. The smallest absolute Gasteiger partial charge is 0.257 e. The maximum atomic E-state index is 12.2. The predicted molar refractivity (Wildman–Crippen MR) is 125 cm³/mol. The lowest BCUT2D eigenvalue weighted by Gasteiger charge is -2.30. The predicted octanol–water partition coefficient (Wildman–Crippen LogP) is 5.89. The first-order valence-corrected chi connectivity index (χ1v) is 11.0. The van der Waals surface area contributed by atoms with Gasteiger partial charge in [-0.2, -0.15) is 0 Å². The molecule has 0 radical (unpaired) electrons. The van der Waals surface area contributed by atoms with Gasteiger partial charge in [0.25, 0.3) is 5.91 Å². The van der Waals surface area contributed by atoms with Gasteiger partial charge in [0.2, 0.25) is 0 Å². The standard InChI is InChI=1S/C21H17Cl4N3O3/c22-13-2-1-3-14(23)19(13)16-11-18(31-27-16)12-4-5-17(28-6-8-30-9-7-28)15(10-12)26-21(29)20(24)25/h1-5,10-11,20H,6-9H2,(H,26,29). The van der Waals surface area contributed by atoms with Crippen molar-refractivity contribution in [3.05, 3.63) is 52.5 Å². The molecule has 1 aromatic heterocycles. The van der Waals surface area contributed by atoms with Crippen molar-refractivity contribution >= 4 is 63.7 Å². The number of hydrogen-bond acceptors (Lipinski definition) is 5. The van der Waals surface area contributed by atoms with Gasteiger partial charge < -0.3 is 19.5 Å². The number of nitrogens with zero attached hydrogens (tertiary/aromatic N) is 2. The minimum atomic E-state index is -1.19. The average molecular weight is 501 g/mol. The van der Waals surface area contributed by atoms with E-state index in [0.717, 1.165) is 5.69 Å². The normalized spacial score (nSPS) is 14.2. The molecule has 0 atom stereocenters. The zero-order chi connectivity index (χ0) is 22.0. The number of benzene rings is 2. The monoisotopic (exact) mass is 499 g/mol. The first kappa shape index (κ1) is 22.2. The number of rotatable bonds is 5. The Bertz CT molecular complexity index is 1080. The summed E-state index contributed by atoms with van der Waals surface area (Å²) in [5.41, 5.74) is 3.20. The van der Waals surface area contributed by atoms with Gasteiger partial charge in [-0.25, -0.2) is 0 Å². The molecule has 4 rings (SSSR count). The lowest BCUT2D eigenvalue weighted by Crippen LogP contribution is -2.37. The fourth-order valence-electron chi connectivity index (χ4n) is 3.33. The van der Waals surface area contributed by atoms with Gasteiger partial charge in [0, 0.05) is 30.3 Å². The molecule has 1 N–H and O–H groups in total.